The van der Waals surface area contributed by atoms with Crippen LogP contribution in [0.5, 0.6) is 0 Å². The lowest BCUT2D eigenvalue weighted by Gasteiger charge is -2.49. The standard InChI is InChI=1S/C15H26O2/c1-5-6-14-16-9-15(10-17-14)12(3)7-11(2)8-13(15)4/h7,12-14H,5-6,8-10H2,1-4H3/t12-,13+,14?,15?/m0/s1. The quantitative estimate of drug-likeness (QED) is 0.682. The number of hydrogen-bond donors (Lipinski definition) is 0. The predicted molar refractivity (Wildman–Crippen MR) is 69.7 cm³/mol. The van der Waals surface area contributed by atoms with Crippen molar-refractivity contribution in [3.05, 3.63) is 11.6 Å². The molecule has 0 radical (unpaired) electrons. The lowest BCUT2D eigenvalue weighted by atomic mass is 9.63. The molecule has 0 unspecified atom stereocenters. The largest absolute Gasteiger partial charge is 0.352 e. The monoisotopic (exact) mass is 238 g/mol. The van der Waals surface area contributed by atoms with Crippen LogP contribution < -0.4 is 0 Å². The second kappa shape index (κ2) is 5.11. The van der Waals surface area contributed by atoms with E-state index in [-0.39, 0.29) is 11.7 Å². The van der Waals surface area contributed by atoms with Crippen LogP contribution in [-0.2, 0) is 9.47 Å². The van der Waals surface area contributed by atoms with E-state index >= 15 is 0 Å². The molecule has 2 nitrogen and oxygen atoms in total. The normalized spacial score (nSPS) is 42.6. The highest BCUT2D eigenvalue weighted by Gasteiger charge is 2.46. The molecule has 1 saturated heterocycles. The first-order valence-electron chi connectivity index (χ1n) is 6.99. The molecule has 2 atom stereocenters. The third-order valence-electron chi connectivity index (χ3n) is 4.65. The van der Waals surface area contributed by atoms with Crippen LogP contribution in [0.2, 0.25) is 0 Å². The molecule has 17 heavy (non-hydrogen) atoms. The van der Waals surface area contributed by atoms with E-state index in [1.54, 1.807) is 0 Å². The van der Waals surface area contributed by atoms with Crippen LogP contribution in [0.1, 0.15) is 47.0 Å². The first kappa shape index (κ1) is 13.1. The molecular formula is C15H26O2. The van der Waals surface area contributed by atoms with Crippen molar-refractivity contribution in [2.24, 2.45) is 17.3 Å². The molecule has 2 aliphatic rings. The minimum absolute atomic E-state index is 0.0389. The number of allylic oxidation sites excluding steroid dienone is 2. The number of rotatable bonds is 2. The van der Waals surface area contributed by atoms with Gasteiger partial charge in [-0.15, -0.1) is 0 Å². The van der Waals surface area contributed by atoms with Gasteiger partial charge >= 0.3 is 0 Å². The summed E-state index contributed by atoms with van der Waals surface area (Å²) in [5.41, 5.74) is 1.73. The zero-order valence-corrected chi connectivity index (χ0v) is 11.7. The second-order valence-electron chi connectivity index (χ2n) is 5.98. The average Bonchev–Trinajstić information content (AvgIpc) is 2.28. The molecule has 0 aromatic heterocycles. The first-order valence-corrected chi connectivity index (χ1v) is 6.99. The van der Waals surface area contributed by atoms with Crippen molar-refractivity contribution in [1.29, 1.82) is 0 Å². The van der Waals surface area contributed by atoms with E-state index in [2.05, 4.69) is 33.8 Å². The summed E-state index contributed by atoms with van der Waals surface area (Å²) in [7, 11) is 0. The topological polar surface area (TPSA) is 18.5 Å². The molecule has 1 fully saturated rings. The fourth-order valence-corrected chi connectivity index (χ4v) is 3.33. The van der Waals surface area contributed by atoms with Crippen LogP contribution >= 0.6 is 0 Å². The third-order valence-corrected chi connectivity index (χ3v) is 4.65. The van der Waals surface area contributed by atoms with E-state index in [0.29, 0.717) is 11.8 Å². The first-order chi connectivity index (χ1) is 8.08. The summed E-state index contributed by atoms with van der Waals surface area (Å²) >= 11 is 0. The summed E-state index contributed by atoms with van der Waals surface area (Å²) < 4.78 is 11.9. The van der Waals surface area contributed by atoms with Gasteiger partial charge in [-0.1, -0.05) is 38.8 Å². The van der Waals surface area contributed by atoms with Gasteiger partial charge in [0, 0.05) is 5.41 Å². The molecule has 0 aromatic carbocycles. The lowest BCUT2D eigenvalue weighted by Crippen LogP contribution is -2.50. The van der Waals surface area contributed by atoms with E-state index in [4.69, 9.17) is 9.47 Å². The second-order valence-corrected chi connectivity index (χ2v) is 5.98. The molecule has 0 bridgehead atoms. The van der Waals surface area contributed by atoms with E-state index in [9.17, 15) is 0 Å². The van der Waals surface area contributed by atoms with Crippen molar-refractivity contribution in [2.75, 3.05) is 13.2 Å². The molecule has 0 N–H and O–H groups in total. The Morgan fingerprint density at radius 3 is 2.47 bits per heavy atom. The summed E-state index contributed by atoms with van der Waals surface area (Å²) in [5.74, 6) is 1.22. The molecule has 1 aliphatic carbocycles. The van der Waals surface area contributed by atoms with Gasteiger partial charge in [-0.05, 0) is 31.6 Å². The molecular weight excluding hydrogens is 212 g/mol. The minimum Gasteiger partial charge on any atom is -0.352 e. The smallest absolute Gasteiger partial charge is 0.157 e. The van der Waals surface area contributed by atoms with Crippen LogP contribution in [0.3, 0.4) is 0 Å². The Labute approximate surface area is 105 Å². The average molecular weight is 238 g/mol. The highest BCUT2D eigenvalue weighted by atomic mass is 16.7. The zero-order chi connectivity index (χ0) is 12.5. The Balaban J connectivity index is 2.06. The number of hydrogen-bond acceptors (Lipinski definition) is 2. The molecule has 0 saturated carbocycles. The Morgan fingerprint density at radius 1 is 1.29 bits per heavy atom. The van der Waals surface area contributed by atoms with Crippen molar-refractivity contribution >= 4 is 0 Å². The van der Waals surface area contributed by atoms with Gasteiger partial charge in [-0.25, -0.2) is 0 Å². The molecule has 0 aromatic rings. The van der Waals surface area contributed by atoms with Crippen molar-refractivity contribution in [3.63, 3.8) is 0 Å². The predicted octanol–water partition coefficient (Wildman–Crippen LogP) is 3.77. The molecule has 1 aliphatic heterocycles. The van der Waals surface area contributed by atoms with E-state index in [1.807, 2.05) is 0 Å². The van der Waals surface area contributed by atoms with E-state index in [0.717, 1.165) is 26.1 Å². The minimum atomic E-state index is 0.0389. The van der Waals surface area contributed by atoms with Crippen LogP contribution in [0.25, 0.3) is 0 Å². The van der Waals surface area contributed by atoms with Gasteiger partial charge in [0.05, 0.1) is 13.2 Å². The zero-order valence-electron chi connectivity index (χ0n) is 11.7. The maximum Gasteiger partial charge on any atom is 0.157 e. The van der Waals surface area contributed by atoms with Crippen molar-refractivity contribution in [1.82, 2.24) is 0 Å². The number of ether oxygens (including phenoxy) is 2. The Kier molecular flexibility index (Phi) is 3.94. The Hall–Kier alpha value is -0.340. The van der Waals surface area contributed by atoms with Gasteiger partial charge in [0.2, 0.25) is 0 Å². The molecule has 1 spiro atoms. The summed E-state index contributed by atoms with van der Waals surface area (Å²) in [6.45, 7) is 10.8. The van der Waals surface area contributed by atoms with Gasteiger partial charge in [0.1, 0.15) is 0 Å². The highest BCUT2D eigenvalue weighted by molar-refractivity contribution is 5.13. The van der Waals surface area contributed by atoms with E-state index in [1.165, 1.54) is 12.0 Å². The van der Waals surface area contributed by atoms with Crippen molar-refractivity contribution in [2.45, 2.75) is 53.2 Å². The Bertz CT molecular complexity index is 287. The lowest BCUT2D eigenvalue weighted by molar-refractivity contribution is -0.251. The fourth-order valence-electron chi connectivity index (χ4n) is 3.33. The maximum atomic E-state index is 5.94. The molecule has 2 rings (SSSR count). The summed E-state index contributed by atoms with van der Waals surface area (Å²) in [4.78, 5) is 0. The molecule has 2 heteroatoms. The van der Waals surface area contributed by atoms with Crippen LogP contribution in [0.4, 0.5) is 0 Å². The Morgan fingerprint density at radius 2 is 1.94 bits per heavy atom. The van der Waals surface area contributed by atoms with Crippen molar-refractivity contribution < 1.29 is 9.47 Å². The summed E-state index contributed by atoms with van der Waals surface area (Å²) in [6, 6.07) is 0. The summed E-state index contributed by atoms with van der Waals surface area (Å²) in [5, 5.41) is 0. The molecule has 98 valence electrons. The van der Waals surface area contributed by atoms with Crippen LogP contribution in [0.15, 0.2) is 11.6 Å². The SMILES string of the molecule is CCCC1OCC2(CO1)[C@H](C)CC(C)=C[C@@H]2C. The highest BCUT2D eigenvalue weighted by Crippen LogP contribution is 2.46. The van der Waals surface area contributed by atoms with Crippen LogP contribution in [-0.4, -0.2) is 19.5 Å². The van der Waals surface area contributed by atoms with Crippen LogP contribution in [0, 0.1) is 17.3 Å². The molecule has 0 amide bonds. The fraction of sp³-hybridized carbons (Fsp3) is 0.867. The van der Waals surface area contributed by atoms with Gasteiger partial charge in [0.25, 0.3) is 0 Å². The van der Waals surface area contributed by atoms with Gasteiger partial charge < -0.3 is 9.47 Å². The van der Waals surface area contributed by atoms with E-state index < -0.39 is 0 Å². The maximum absolute atomic E-state index is 5.94. The third kappa shape index (κ3) is 2.43. The van der Waals surface area contributed by atoms with Gasteiger partial charge in [0.15, 0.2) is 6.29 Å². The molecule has 1 heterocycles. The van der Waals surface area contributed by atoms with Crippen molar-refractivity contribution in [3.8, 4) is 0 Å². The summed E-state index contributed by atoms with van der Waals surface area (Å²) in [6.07, 6.45) is 5.79. The van der Waals surface area contributed by atoms with Gasteiger partial charge in [-0.3, -0.25) is 0 Å². The van der Waals surface area contributed by atoms with Gasteiger partial charge in [-0.2, -0.15) is 0 Å².